The van der Waals surface area contributed by atoms with Gasteiger partial charge in [-0.2, -0.15) is 0 Å². The van der Waals surface area contributed by atoms with Crippen LogP contribution >= 0.6 is 0 Å². The Bertz CT molecular complexity index is 1150. The Balaban J connectivity index is 1.57. The molecular weight excluding hydrogens is 405 g/mol. The van der Waals surface area contributed by atoms with Gasteiger partial charge in [-0.15, -0.1) is 0 Å². The van der Waals surface area contributed by atoms with Crippen molar-refractivity contribution in [3.8, 4) is 11.3 Å². The van der Waals surface area contributed by atoms with Crippen LogP contribution in [0.2, 0.25) is 0 Å². The van der Waals surface area contributed by atoms with Gasteiger partial charge in [0.2, 0.25) is 0 Å². The average Bonchev–Trinajstić information content (AvgIpc) is 2.73. The van der Waals surface area contributed by atoms with Gasteiger partial charge in [-0.1, -0.05) is 24.3 Å². The second kappa shape index (κ2) is 7.16. The molecule has 2 atom stereocenters. The molecule has 0 fully saturated rings. The number of benzene rings is 3. The number of rotatable bonds is 2. The molecule has 4 heteroatoms. The monoisotopic (exact) mass is 427 g/mol. The molecule has 0 saturated heterocycles. The van der Waals surface area contributed by atoms with Gasteiger partial charge < -0.3 is 0 Å². The molecule has 3 aromatic carbocycles. The van der Waals surface area contributed by atoms with E-state index in [4.69, 9.17) is 0 Å². The van der Waals surface area contributed by atoms with Crippen LogP contribution < -0.4 is 4.48 Å². The van der Waals surface area contributed by atoms with Gasteiger partial charge >= 0.3 is 144 Å². The number of likely N-dealkylation sites (N-methyl/N-ethyl adjacent to an activating group) is 1. The van der Waals surface area contributed by atoms with Crippen molar-refractivity contribution in [2.75, 3.05) is 13.6 Å². The van der Waals surface area contributed by atoms with Gasteiger partial charge in [-0.3, -0.25) is 0 Å². The van der Waals surface area contributed by atoms with Crippen molar-refractivity contribution in [2.24, 2.45) is 0 Å². The van der Waals surface area contributed by atoms with Crippen LogP contribution in [0.5, 0.6) is 0 Å². The van der Waals surface area contributed by atoms with Gasteiger partial charge in [0.1, 0.15) is 0 Å². The van der Waals surface area contributed by atoms with Gasteiger partial charge in [0, 0.05) is 0 Å². The average molecular weight is 427 g/mol. The van der Waals surface area contributed by atoms with E-state index in [1.54, 1.807) is 0 Å². The summed E-state index contributed by atoms with van der Waals surface area (Å²) >= 11 is 1.50. The van der Waals surface area contributed by atoms with Crippen molar-refractivity contribution < 1.29 is 0 Å². The van der Waals surface area contributed by atoms with Gasteiger partial charge in [0.05, 0.1) is 0 Å². The van der Waals surface area contributed by atoms with Crippen LogP contribution in [0.4, 0.5) is 0 Å². The van der Waals surface area contributed by atoms with Crippen molar-refractivity contribution in [1.82, 2.24) is 15.1 Å². The molecule has 0 saturated carbocycles. The summed E-state index contributed by atoms with van der Waals surface area (Å²) in [4.78, 5) is 2.41. The first kappa shape index (κ1) is 17.6. The van der Waals surface area contributed by atoms with E-state index >= 15 is 0 Å². The number of aromatic nitrogens is 2. The van der Waals surface area contributed by atoms with Crippen molar-refractivity contribution in [3.05, 3.63) is 89.5 Å². The molecular formula is C24H22AsN3. The maximum atomic E-state index is 4.38. The number of fused-ring (bicyclic) bond motifs is 2. The number of hydrogen-bond donors (Lipinski definition) is 0. The van der Waals surface area contributed by atoms with Crippen LogP contribution in [0.15, 0.2) is 72.8 Å². The third kappa shape index (κ3) is 3.26. The third-order valence-corrected chi connectivity index (χ3v) is 6.26. The molecule has 0 spiro atoms. The summed E-state index contributed by atoms with van der Waals surface area (Å²) in [6, 6.07) is 26.4. The first-order chi connectivity index (χ1) is 13.7. The molecule has 2 heterocycles. The molecule has 2 unspecified atom stereocenters. The zero-order valence-electron chi connectivity index (χ0n) is 15.8. The van der Waals surface area contributed by atoms with Crippen LogP contribution in [-0.2, 0) is 6.54 Å². The summed E-state index contributed by atoms with van der Waals surface area (Å²) in [6.45, 7) is 2.01. The Morgan fingerprint density at radius 3 is 2.57 bits per heavy atom. The molecule has 1 aliphatic rings. The Kier molecular flexibility index (Phi) is 4.50. The number of hydrogen-bond acceptors (Lipinski definition) is 3. The van der Waals surface area contributed by atoms with Gasteiger partial charge in [-0.05, 0) is 5.39 Å². The van der Waals surface area contributed by atoms with E-state index in [0.29, 0.717) is 5.92 Å². The maximum absolute atomic E-state index is 4.38. The van der Waals surface area contributed by atoms with E-state index in [9.17, 15) is 0 Å². The van der Waals surface area contributed by atoms with Crippen molar-refractivity contribution in [1.29, 1.82) is 0 Å². The van der Waals surface area contributed by atoms with E-state index in [-0.39, 0.29) is 0 Å². The summed E-state index contributed by atoms with van der Waals surface area (Å²) in [5, 5.41) is 11.2. The Morgan fingerprint density at radius 1 is 0.893 bits per heavy atom. The Morgan fingerprint density at radius 2 is 1.75 bits per heavy atom. The molecule has 5 rings (SSSR count). The summed E-state index contributed by atoms with van der Waals surface area (Å²) in [5.41, 5.74) is 6.29. The van der Waals surface area contributed by atoms with Gasteiger partial charge in [0.15, 0.2) is 0 Å². The molecule has 4 aromatic rings. The summed E-state index contributed by atoms with van der Waals surface area (Å²) in [7, 11) is 2.21. The molecule has 1 aromatic heterocycles. The minimum atomic E-state index is 0.388. The Labute approximate surface area is 173 Å². The van der Waals surface area contributed by atoms with Crippen LogP contribution in [0, 0.1) is 0 Å². The summed E-state index contributed by atoms with van der Waals surface area (Å²) < 4.78 is 1.00. The van der Waals surface area contributed by atoms with Crippen LogP contribution in [-0.4, -0.2) is 45.5 Å². The molecule has 0 bridgehead atoms. The fourth-order valence-corrected chi connectivity index (χ4v) is 4.54. The molecule has 0 aliphatic carbocycles. The molecule has 28 heavy (non-hydrogen) atoms. The normalized spacial score (nSPS) is 16.9. The van der Waals surface area contributed by atoms with Crippen molar-refractivity contribution in [3.63, 3.8) is 0 Å². The van der Waals surface area contributed by atoms with Crippen molar-refractivity contribution >= 4 is 32.1 Å². The van der Waals surface area contributed by atoms with Crippen LogP contribution in [0.25, 0.3) is 22.0 Å². The van der Waals surface area contributed by atoms with E-state index < -0.39 is 0 Å². The number of nitrogens with zero attached hydrogens (tertiary/aromatic N) is 3. The first-order valence-corrected chi connectivity index (χ1v) is 10.8. The van der Waals surface area contributed by atoms with Gasteiger partial charge in [0.25, 0.3) is 0 Å². The van der Waals surface area contributed by atoms with Crippen LogP contribution in [0.3, 0.4) is 0 Å². The zero-order chi connectivity index (χ0) is 19.1. The fourth-order valence-electron chi connectivity index (χ4n) is 4.21. The van der Waals surface area contributed by atoms with E-state index in [1.165, 1.54) is 44.3 Å². The molecule has 138 valence electrons. The summed E-state index contributed by atoms with van der Waals surface area (Å²) in [6.07, 6.45) is 0. The van der Waals surface area contributed by atoms with E-state index in [0.717, 1.165) is 28.8 Å². The third-order valence-electron chi connectivity index (χ3n) is 5.61. The van der Waals surface area contributed by atoms with Crippen LogP contribution in [0.1, 0.15) is 22.6 Å². The standard InChI is InChI=1S/C24H22AsN3/c1-28-14-20-13-19(23-10-11-24(25)27-26-23)8-9-21(20)22(15-28)18-7-6-16-4-2-3-5-17(16)12-18/h2-13,22H,14-15,25H2,1H3. The molecule has 1 aliphatic heterocycles. The predicted octanol–water partition coefficient (Wildman–Crippen LogP) is 3.13. The second-order valence-electron chi connectivity index (χ2n) is 7.61. The topological polar surface area (TPSA) is 29.0 Å². The van der Waals surface area contributed by atoms with E-state index in [2.05, 4.69) is 88.9 Å². The van der Waals surface area contributed by atoms with E-state index in [1.807, 2.05) is 6.07 Å². The molecule has 0 N–H and O–H groups in total. The molecule has 0 amide bonds. The Hall–Kier alpha value is -2.48. The second-order valence-corrected chi connectivity index (χ2v) is 8.85. The molecule has 0 radical (unpaired) electrons. The minimum absolute atomic E-state index is 0.388. The molecule has 3 nitrogen and oxygen atoms in total. The van der Waals surface area contributed by atoms with Crippen molar-refractivity contribution in [2.45, 2.75) is 12.5 Å². The first-order valence-electron chi connectivity index (χ1n) is 9.57. The SMILES string of the molecule is CN1Cc2cc(-c3ccc([AsH2])nn3)ccc2C(c2ccc3ccccc3c2)C1. The quantitative estimate of drug-likeness (QED) is 0.461. The predicted molar refractivity (Wildman–Crippen MR) is 118 cm³/mol. The summed E-state index contributed by atoms with van der Waals surface area (Å²) in [5.74, 6) is 0.388. The zero-order valence-corrected chi connectivity index (χ0v) is 18.3. The van der Waals surface area contributed by atoms with Gasteiger partial charge in [-0.25, -0.2) is 0 Å². The fraction of sp³-hybridized carbons (Fsp3) is 0.167.